The number of piperidine rings is 1. The monoisotopic (exact) mass is 562 g/mol. The highest BCUT2D eigenvalue weighted by atomic mass is 16.1. The van der Waals surface area contributed by atoms with Crippen LogP contribution in [0.15, 0.2) is 42.9 Å². The SMILES string of the molecule is C[C@H]1CCCN(Cc2cc(C(=O)Nc3cccc(C4(c5nncn5C)CC(CC#N)C4)c3)nc3c(C4CC4)c[nH]c23)C1. The topological polar surface area (TPSA) is 116 Å². The summed E-state index contributed by atoms with van der Waals surface area (Å²) in [5.41, 5.74) is 6.32. The Labute approximate surface area is 246 Å². The lowest BCUT2D eigenvalue weighted by Crippen LogP contribution is -2.44. The number of aryl methyl sites for hydroxylation is 1. The molecule has 2 aliphatic carbocycles. The Balaban J connectivity index is 1.19. The number of likely N-dealkylation sites (tertiary alicyclic amines) is 1. The average molecular weight is 563 g/mol. The van der Waals surface area contributed by atoms with Crippen LogP contribution in [0.5, 0.6) is 0 Å². The maximum absolute atomic E-state index is 13.8. The number of hydrogen-bond acceptors (Lipinski definition) is 6. The summed E-state index contributed by atoms with van der Waals surface area (Å²) in [5, 5.41) is 21.0. The number of nitriles is 1. The third-order valence-electron chi connectivity index (χ3n) is 9.60. The Hall–Kier alpha value is -4.03. The zero-order chi connectivity index (χ0) is 28.8. The smallest absolute Gasteiger partial charge is 0.274 e. The molecule has 1 amide bonds. The van der Waals surface area contributed by atoms with E-state index in [-0.39, 0.29) is 11.3 Å². The molecule has 9 heteroatoms. The fraction of sp³-hybridized carbons (Fsp3) is 0.485. The largest absolute Gasteiger partial charge is 0.359 e. The van der Waals surface area contributed by atoms with Crippen LogP contribution < -0.4 is 5.32 Å². The first kappa shape index (κ1) is 26.8. The molecule has 42 heavy (non-hydrogen) atoms. The average Bonchev–Trinajstić information content (AvgIpc) is 3.56. The van der Waals surface area contributed by atoms with Gasteiger partial charge < -0.3 is 14.9 Å². The van der Waals surface area contributed by atoms with Crippen LogP contribution >= 0.6 is 0 Å². The second kappa shape index (κ2) is 10.7. The van der Waals surface area contributed by atoms with Gasteiger partial charge in [0.05, 0.1) is 22.5 Å². The number of benzene rings is 1. The van der Waals surface area contributed by atoms with Gasteiger partial charge in [-0.15, -0.1) is 10.2 Å². The van der Waals surface area contributed by atoms with Crippen LogP contribution in [0, 0.1) is 23.2 Å². The molecule has 216 valence electrons. The lowest BCUT2D eigenvalue weighted by Gasteiger charge is -2.46. The van der Waals surface area contributed by atoms with E-state index in [9.17, 15) is 10.1 Å². The molecule has 4 aromatic rings. The number of pyridine rings is 1. The molecule has 9 nitrogen and oxygen atoms in total. The van der Waals surface area contributed by atoms with Gasteiger partial charge in [0.1, 0.15) is 17.8 Å². The number of anilines is 1. The maximum Gasteiger partial charge on any atom is 0.274 e. The number of nitrogens with one attached hydrogen (secondary N) is 2. The molecule has 3 aromatic heterocycles. The quantitative estimate of drug-likeness (QED) is 0.286. The third kappa shape index (κ3) is 4.88. The van der Waals surface area contributed by atoms with Gasteiger partial charge >= 0.3 is 0 Å². The Morgan fingerprint density at radius 2 is 2.10 bits per heavy atom. The van der Waals surface area contributed by atoms with Crippen LogP contribution in [0.2, 0.25) is 0 Å². The van der Waals surface area contributed by atoms with Crippen molar-refractivity contribution < 1.29 is 4.79 Å². The van der Waals surface area contributed by atoms with Crippen molar-refractivity contribution in [3.8, 4) is 6.07 Å². The lowest BCUT2D eigenvalue weighted by atomic mass is 9.57. The Morgan fingerprint density at radius 3 is 2.83 bits per heavy atom. The molecule has 3 aliphatic rings. The molecule has 0 bridgehead atoms. The molecule has 0 spiro atoms. The first-order valence-corrected chi connectivity index (χ1v) is 15.3. The predicted molar refractivity (Wildman–Crippen MR) is 161 cm³/mol. The Morgan fingerprint density at radius 1 is 1.24 bits per heavy atom. The van der Waals surface area contributed by atoms with Crippen molar-refractivity contribution >= 4 is 22.6 Å². The van der Waals surface area contributed by atoms with E-state index in [0.29, 0.717) is 29.9 Å². The summed E-state index contributed by atoms with van der Waals surface area (Å²) in [6.45, 7) is 5.30. The number of amides is 1. The zero-order valence-corrected chi connectivity index (χ0v) is 24.4. The number of hydrogen-bond donors (Lipinski definition) is 2. The summed E-state index contributed by atoms with van der Waals surface area (Å²) in [4.78, 5) is 24.7. The fourth-order valence-electron chi connectivity index (χ4n) is 7.36. The lowest BCUT2D eigenvalue weighted by molar-refractivity contribution is 0.102. The number of nitrogens with zero attached hydrogens (tertiary/aromatic N) is 6. The molecule has 3 fully saturated rings. The van der Waals surface area contributed by atoms with Gasteiger partial charge in [-0.3, -0.25) is 9.69 Å². The van der Waals surface area contributed by atoms with Crippen molar-refractivity contribution in [3.05, 3.63) is 71.1 Å². The van der Waals surface area contributed by atoms with Crippen LogP contribution in [0.4, 0.5) is 5.69 Å². The minimum absolute atomic E-state index is 0.200. The summed E-state index contributed by atoms with van der Waals surface area (Å²) in [7, 11) is 1.96. The van der Waals surface area contributed by atoms with Crippen molar-refractivity contribution in [2.45, 2.75) is 69.7 Å². The van der Waals surface area contributed by atoms with E-state index in [1.54, 1.807) is 6.33 Å². The predicted octanol–water partition coefficient (Wildman–Crippen LogP) is 5.66. The molecule has 1 atom stereocenters. The van der Waals surface area contributed by atoms with Crippen molar-refractivity contribution in [3.63, 3.8) is 0 Å². The highest BCUT2D eigenvalue weighted by Crippen LogP contribution is 2.53. The summed E-state index contributed by atoms with van der Waals surface area (Å²) < 4.78 is 1.96. The third-order valence-corrected chi connectivity index (χ3v) is 9.60. The second-order valence-corrected chi connectivity index (χ2v) is 12.9. The highest BCUT2D eigenvalue weighted by Gasteiger charge is 2.49. The van der Waals surface area contributed by atoms with Crippen LogP contribution in [0.25, 0.3) is 11.0 Å². The van der Waals surface area contributed by atoms with Gasteiger partial charge in [0.15, 0.2) is 0 Å². The van der Waals surface area contributed by atoms with Gasteiger partial charge in [0, 0.05) is 38.4 Å². The molecular weight excluding hydrogens is 524 g/mol. The zero-order valence-electron chi connectivity index (χ0n) is 24.4. The molecule has 7 rings (SSSR count). The minimum atomic E-state index is -0.326. The second-order valence-electron chi connectivity index (χ2n) is 12.9. The highest BCUT2D eigenvalue weighted by molar-refractivity contribution is 6.04. The summed E-state index contributed by atoms with van der Waals surface area (Å²) in [6.07, 6.45) is 10.9. The fourth-order valence-corrected chi connectivity index (χ4v) is 7.36. The first-order chi connectivity index (χ1) is 20.4. The van der Waals surface area contributed by atoms with Crippen LogP contribution in [0.1, 0.15) is 90.8 Å². The number of aromatic amines is 1. The Kier molecular flexibility index (Phi) is 6.82. The first-order valence-electron chi connectivity index (χ1n) is 15.3. The summed E-state index contributed by atoms with van der Waals surface area (Å²) >= 11 is 0. The van der Waals surface area contributed by atoms with Gasteiger partial charge in [-0.2, -0.15) is 5.26 Å². The number of aromatic nitrogens is 5. The maximum atomic E-state index is 13.8. The van der Waals surface area contributed by atoms with Crippen LogP contribution in [-0.4, -0.2) is 48.6 Å². The van der Waals surface area contributed by atoms with E-state index in [1.807, 2.05) is 29.8 Å². The molecule has 0 unspecified atom stereocenters. The van der Waals surface area contributed by atoms with E-state index in [2.05, 4.69) is 56.7 Å². The van der Waals surface area contributed by atoms with E-state index < -0.39 is 0 Å². The van der Waals surface area contributed by atoms with Gasteiger partial charge in [-0.05, 0) is 97.7 Å². The number of carbonyl (C=O) groups excluding carboxylic acids is 1. The standard InChI is InChI=1S/C33H38N8O/c1-21-5-4-12-41(18-21)19-24-13-28(38-30-27(23-8-9-23)17-35-29(24)30)31(42)37-26-7-3-6-25(14-26)33(15-22(16-33)10-11-34)32-39-36-20-40(32)2/h3,6-7,13-14,17,20-23,35H,4-5,8-10,12,15-16,18-19H2,1-2H3,(H,37,42)/t21-,22?,33?/m0/s1. The van der Waals surface area contributed by atoms with E-state index >= 15 is 0 Å². The van der Waals surface area contributed by atoms with E-state index in [4.69, 9.17) is 4.98 Å². The van der Waals surface area contributed by atoms with E-state index in [0.717, 1.165) is 66.1 Å². The van der Waals surface area contributed by atoms with Crippen LogP contribution in [-0.2, 0) is 19.0 Å². The summed E-state index contributed by atoms with van der Waals surface area (Å²) in [5.74, 6) is 2.24. The molecule has 2 saturated carbocycles. The molecule has 0 radical (unpaired) electrons. The number of H-pyrrole nitrogens is 1. The number of rotatable bonds is 8. The normalized spacial score (nSPS) is 24.3. The van der Waals surface area contributed by atoms with Crippen molar-refractivity contribution in [1.82, 2.24) is 29.6 Å². The molecule has 2 N–H and O–H groups in total. The number of fused-ring (bicyclic) bond motifs is 1. The van der Waals surface area contributed by atoms with Crippen molar-refractivity contribution in [2.75, 3.05) is 18.4 Å². The Bertz CT molecular complexity index is 1670. The molecule has 1 aliphatic heterocycles. The minimum Gasteiger partial charge on any atom is -0.359 e. The van der Waals surface area contributed by atoms with Gasteiger partial charge in [-0.25, -0.2) is 4.98 Å². The van der Waals surface area contributed by atoms with Crippen molar-refractivity contribution in [1.29, 1.82) is 5.26 Å². The molecule has 4 heterocycles. The molecule has 1 aromatic carbocycles. The number of carbonyl (C=O) groups is 1. The molecular formula is C33H38N8O. The van der Waals surface area contributed by atoms with Gasteiger partial charge in [-0.1, -0.05) is 19.1 Å². The van der Waals surface area contributed by atoms with Crippen molar-refractivity contribution in [2.24, 2.45) is 18.9 Å². The van der Waals surface area contributed by atoms with Gasteiger partial charge in [0.25, 0.3) is 5.91 Å². The summed E-state index contributed by atoms with van der Waals surface area (Å²) in [6, 6.07) is 12.4. The molecule has 1 saturated heterocycles. The van der Waals surface area contributed by atoms with Gasteiger partial charge in [0.2, 0.25) is 0 Å². The van der Waals surface area contributed by atoms with E-state index in [1.165, 1.54) is 31.2 Å². The van der Waals surface area contributed by atoms with Crippen LogP contribution in [0.3, 0.4) is 0 Å².